The first-order valence-corrected chi connectivity index (χ1v) is 10.8. The lowest BCUT2D eigenvalue weighted by Gasteiger charge is -2.32. The zero-order chi connectivity index (χ0) is 20.5. The molecule has 0 spiro atoms. The highest BCUT2D eigenvalue weighted by molar-refractivity contribution is 5.96. The Balaban J connectivity index is 1.14. The molecule has 30 heavy (non-hydrogen) atoms. The summed E-state index contributed by atoms with van der Waals surface area (Å²) in [6.07, 6.45) is 3.58. The molecule has 2 aliphatic heterocycles. The topological polar surface area (TPSA) is 78.1 Å². The number of piperidine rings is 1. The molecule has 1 atom stereocenters. The number of hydrogen-bond acceptors (Lipinski definition) is 3. The zero-order valence-electron chi connectivity index (χ0n) is 16.9. The molecule has 1 unspecified atom stereocenters. The number of nitrogens with zero attached hydrogens (tertiary/aromatic N) is 2. The van der Waals surface area contributed by atoms with E-state index in [4.69, 9.17) is 4.98 Å². The highest BCUT2D eigenvalue weighted by Crippen LogP contribution is 2.30. The van der Waals surface area contributed by atoms with Crippen LogP contribution in [0.3, 0.4) is 0 Å². The lowest BCUT2D eigenvalue weighted by atomic mass is 9.89. The van der Waals surface area contributed by atoms with Crippen LogP contribution in [0.5, 0.6) is 0 Å². The average Bonchev–Trinajstić information content (AvgIpc) is 3.22. The number of rotatable bonds is 4. The number of anilines is 1. The molecule has 3 heterocycles. The summed E-state index contributed by atoms with van der Waals surface area (Å²) in [5.74, 6) is 1.45. The van der Waals surface area contributed by atoms with Crippen LogP contribution in [0.4, 0.5) is 5.69 Å². The highest BCUT2D eigenvalue weighted by atomic mass is 16.2. The maximum atomic E-state index is 12.7. The van der Waals surface area contributed by atoms with Crippen molar-refractivity contribution < 1.29 is 9.59 Å². The molecule has 1 fully saturated rings. The Morgan fingerprint density at radius 1 is 1.07 bits per heavy atom. The fourth-order valence-electron chi connectivity index (χ4n) is 4.67. The van der Waals surface area contributed by atoms with E-state index in [0.29, 0.717) is 25.2 Å². The molecule has 6 heteroatoms. The van der Waals surface area contributed by atoms with Crippen molar-refractivity contribution in [2.24, 2.45) is 5.92 Å². The number of imidazole rings is 1. The Morgan fingerprint density at radius 2 is 1.83 bits per heavy atom. The van der Waals surface area contributed by atoms with Gasteiger partial charge in [-0.15, -0.1) is 0 Å². The second kappa shape index (κ2) is 7.94. The number of aromatic amines is 1. The Kier molecular flexibility index (Phi) is 4.99. The molecule has 3 aromatic rings. The van der Waals surface area contributed by atoms with E-state index in [2.05, 4.69) is 10.3 Å². The number of carbonyl (C=O) groups excluding carboxylic acids is 2. The Hall–Kier alpha value is -3.15. The van der Waals surface area contributed by atoms with Gasteiger partial charge in [-0.2, -0.15) is 0 Å². The first-order valence-electron chi connectivity index (χ1n) is 10.8. The van der Waals surface area contributed by atoms with Gasteiger partial charge in [-0.25, -0.2) is 4.98 Å². The van der Waals surface area contributed by atoms with Gasteiger partial charge < -0.3 is 15.2 Å². The summed E-state index contributed by atoms with van der Waals surface area (Å²) < 4.78 is 0. The van der Waals surface area contributed by atoms with Gasteiger partial charge in [0.25, 0.3) is 0 Å². The minimum absolute atomic E-state index is 0.0325. The smallest absolute Gasteiger partial charge is 0.227 e. The minimum atomic E-state index is -0.128. The lowest BCUT2D eigenvalue weighted by molar-refractivity contribution is -0.132. The van der Waals surface area contributed by atoms with Gasteiger partial charge in [-0.3, -0.25) is 9.59 Å². The van der Waals surface area contributed by atoms with Crippen LogP contribution in [0.25, 0.3) is 11.0 Å². The van der Waals surface area contributed by atoms with Gasteiger partial charge in [0.05, 0.1) is 11.0 Å². The van der Waals surface area contributed by atoms with Gasteiger partial charge in [0.1, 0.15) is 5.82 Å². The molecule has 2 amide bonds. The summed E-state index contributed by atoms with van der Waals surface area (Å²) in [4.78, 5) is 35.2. The standard InChI is InChI=1S/C24H26N4O2/c29-22(10-9-18-15-17-5-1-2-6-19(17)27-24(18)30)28-13-11-16(12-14-28)23-25-20-7-3-4-8-21(20)26-23/h1-8,16,18H,9-15H2,(H,25,26)(H,27,30). The predicted molar refractivity (Wildman–Crippen MR) is 116 cm³/mol. The molecule has 0 radical (unpaired) electrons. The second-order valence-corrected chi connectivity index (χ2v) is 8.38. The van der Waals surface area contributed by atoms with E-state index in [0.717, 1.165) is 54.0 Å². The summed E-state index contributed by atoms with van der Waals surface area (Å²) >= 11 is 0. The number of benzene rings is 2. The number of hydrogen-bond donors (Lipinski definition) is 2. The molecular formula is C24H26N4O2. The van der Waals surface area contributed by atoms with Crippen LogP contribution in [0.1, 0.15) is 43.0 Å². The molecule has 154 valence electrons. The van der Waals surface area contributed by atoms with Crippen LogP contribution in [0.2, 0.25) is 0 Å². The van der Waals surface area contributed by atoms with E-state index in [9.17, 15) is 9.59 Å². The maximum absolute atomic E-state index is 12.7. The summed E-state index contributed by atoms with van der Waals surface area (Å²) in [6.45, 7) is 1.50. The molecular weight excluding hydrogens is 376 g/mol. The quantitative estimate of drug-likeness (QED) is 0.696. The average molecular weight is 402 g/mol. The molecule has 0 saturated carbocycles. The molecule has 5 rings (SSSR count). The fourth-order valence-corrected chi connectivity index (χ4v) is 4.67. The van der Waals surface area contributed by atoms with Gasteiger partial charge in [0.15, 0.2) is 0 Å². The van der Waals surface area contributed by atoms with Gasteiger partial charge in [-0.1, -0.05) is 30.3 Å². The number of likely N-dealkylation sites (tertiary alicyclic amines) is 1. The van der Waals surface area contributed by atoms with E-state index in [1.807, 2.05) is 53.4 Å². The van der Waals surface area contributed by atoms with Gasteiger partial charge >= 0.3 is 0 Å². The van der Waals surface area contributed by atoms with Crippen molar-refractivity contribution in [1.29, 1.82) is 0 Å². The normalized spacial score (nSPS) is 19.5. The SMILES string of the molecule is O=C1Nc2ccccc2CC1CCC(=O)N1CCC(c2nc3ccccc3[nH]2)CC1. The summed E-state index contributed by atoms with van der Waals surface area (Å²) in [5.41, 5.74) is 4.12. The molecule has 6 nitrogen and oxygen atoms in total. The van der Waals surface area contributed by atoms with Crippen molar-refractivity contribution in [3.63, 3.8) is 0 Å². The Bertz CT molecular complexity index is 1050. The number of amides is 2. The summed E-state index contributed by atoms with van der Waals surface area (Å²) in [7, 11) is 0. The second-order valence-electron chi connectivity index (χ2n) is 8.38. The first kappa shape index (κ1) is 18.9. The van der Waals surface area contributed by atoms with E-state index in [1.165, 1.54) is 0 Å². The van der Waals surface area contributed by atoms with E-state index in [-0.39, 0.29) is 17.7 Å². The largest absolute Gasteiger partial charge is 0.343 e. The molecule has 2 N–H and O–H groups in total. The fraction of sp³-hybridized carbons (Fsp3) is 0.375. The summed E-state index contributed by atoms with van der Waals surface area (Å²) in [5, 5.41) is 2.97. The molecule has 0 aliphatic carbocycles. The number of H-pyrrole nitrogens is 1. The van der Waals surface area contributed by atoms with Crippen molar-refractivity contribution in [1.82, 2.24) is 14.9 Å². The monoisotopic (exact) mass is 402 g/mol. The van der Waals surface area contributed by atoms with Crippen LogP contribution in [0.15, 0.2) is 48.5 Å². The third kappa shape index (κ3) is 3.70. The van der Waals surface area contributed by atoms with Crippen molar-refractivity contribution in [3.05, 3.63) is 59.9 Å². The highest BCUT2D eigenvalue weighted by Gasteiger charge is 2.29. The minimum Gasteiger partial charge on any atom is -0.343 e. The zero-order valence-corrected chi connectivity index (χ0v) is 16.9. The molecule has 1 saturated heterocycles. The van der Waals surface area contributed by atoms with Crippen molar-refractivity contribution in [2.75, 3.05) is 18.4 Å². The van der Waals surface area contributed by atoms with Crippen LogP contribution < -0.4 is 5.32 Å². The Labute approximate surface area is 175 Å². The number of fused-ring (bicyclic) bond motifs is 2. The van der Waals surface area contributed by atoms with Crippen LogP contribution in [-0.2, 0) is 16.0 Å². The first-order chi connectivity index (χ1) is 14.7. The summed E-state index contributed by atoms with van der Waals surface area (Å²) in [6, 6.07) is 16.0. The van der Waals surface area contributed by atoms with Gasteiger partial charge in [0, 0.05) is 37.0 Å². The van der Waals surface area contributed by atoms with E-state index in [1.54, 1.807) is 0 Å². The third-order valence-corrected chi connectivity index (χ3v) is 6.46. The van der Waals surface area contributed by atoms with Crippen molar-refractivity contribution in [2.45, 2.75) is 38.0 Å². The molecule has 2 aromatic carbocycles. The number of para-hydroxylation sites is 3. The third-order valence-electron chi connectivity index (χ3n) is 6.46. The molecule has 2 aliphatic rings. The van der Waals surface area contributed by atoms with Crippen LogP contribution in [0, 0.1) is 5.92 Å². The van der Waals surface area contributed by atoms with E-state index >= 15 is 0 Å². The predicted octanol–water partition coefficient (Wildman–Crippen LogP) is 3.86. The van der Waals surface area contributed by atoms with Crippen molar-refractivity contribution in [3.8, 4) is 0 Å². The number of aromatic nitrogens is 2. The number of carbonyl (C=O) groups is 2. The van der Waals surface area contributed by atoms with E-state index < -0.39 is 0 Å². The van der Waals surface area contributed by atoms with Gasteiger partial charge in [0.2, 0.25) is 11.8 Å². The number of nitrogens with one attached hydrogen (secondary N) is 2. The van der Waals surface area contributed by atoms with Crippen molar-refractivity contribution >= 4 is 28.5 Å². The lowest BCUT2D eigenvalue weighted by Crippen LogP contribution is -2.39. The van der Waals surface area contributed by atoms with Gasteiger partial charge in [-0.05, 0) is 49.4 Å². The molecule has 1 aromatic heterocycles. The maximum Gasteiger partial charge on any atom is 0.227 e. The Morgan fingerprint density at radius 3 is 2.67 bits per heavy atom. The van der Waals surface area contributed by atoms with Crippen LogP contribution >= 0.6 is 0 Å². The molecule has 0 bridgehead atoms. The van der Waals surface area contributed by atoms with Crippen LogP contribution in [-0.4, -0.2) is 39.8 Å².